The van der Waals surface area contributed by atoms with E-state index in [1.165, 1.54) is 6.21 Å². The van der Waals surface area contributed by atoms with E-state index in [0.29, 0.717) is 28.7 Å². The Morgan fingerprint density at radius 1 is 1.08 bits per heavy atom. The Kier molecular flexibility index (Phi) is 7.02. The molecule has 0 saturated heterocycles. The number of nitrogens with one attached hydrogen (secondary N) is 1. The second kappa shape index (κ2) is 9.46. The largest absolute Gasteiger partial charge is 0.493 e. The van der Waals surface area contributed by atoms with Crippen LogP contribution in [-0.4, -0.2) is 32.9 Å². The highest BCUT2D eigenvalue weighted by Crippen LogP contribution is 2.29. The van der Waals surface area contributed by atoms with Gasteiger partial charge < -0.3 is 14.2 Å². The van der Waals surface area contributed by atoms with E-state index in [2.05, 4.69) is 24.4 Å². The number of hydrazone groups is 1. The first-order valence-electron chi connectivity index (χ1n) is 8.31. The molecule has 0 heterocycles. The summed E-state index contributed by atoms with van der Waals surface area (Å²) in [5.74, 6) is 1.82. The number of carbonyl (C=O) groups is 1. The second-order valence-corrected chi connectivity index (χ2v) is 5.86. The first-order valence-corrected chi connectivity index (χ1v) is 8.31. The van der Waals surface area contributed by atoms with Gasteiger partial charge in [0.05, 0.1) is 20.4 Å². The lowest BCUT2D eigenvalue weighted by Crippen LogP contribution is -2.25. The van der Waals surface area contributed by atoms with Crippen LogP contribution >= 0.6 is 0 Å². The first kappa shape index (κ1) is 19.3. The molecule has 0 aliphatic heterocycles. The summed E-state index contributed by atoms with van der Waals surface area (Å²) in [4.78, 5) is 12.0. The maximum atomic E-state index is 12.0. The van der Waals surface area contributed by atoms with Gasteiger partial charge in [-0.05, 0) is 29.7 Å². The Labute approximate surface area is 153 Å². The quantitative estimate of drug-likeness (QED) is 0.582. The zero-order chi connectivity index (χ0) is 18.9. The van der Waals surface area contributed by atoms with Crippen LogP contribution in [0.2, 0.25) is 0 Å². The molecular formula is C20H24N2O4. The number of hydrogen-bond donors (Lipinski definition) is 1. The highest BCUT2D eigenvalue weighted by Gasteiger charge is 2.10. The second-order valence-electron chi connectivity index (χ2n) is 5.86. The fraction of sp³-hybridized carbons (Fsp3) is 0.300. The van der Waals surface area contributed by atoms with Crippen molar-refractivity contribution in [2.45, 2.75) is 19.8 Å². The lowest BCUT2D eigenvalue weighted by molar-refractivity contribution is -0.123. The normalized spacial score (nSPS) is 10.8. The van der Waals surface area contributed by atoms with Crippen LogP contribution in [0.4, 0.5) is 0 Å². The van der Waals surface area contributed by atoms with Crippen molar-refractivity contribution < 1.29 is 19.0 Å². The molecule has 1 amide bonds. The van der Waals surface area contributed by atoms with E-state index < -0.39 is 0 Å². The van der Waals surface area contributed by atoms with Crippen LogP contribution in [0, 0.1) is 0 Å². The van der Waals surface area contributed by atoms with Gasteiger partial charge in [-0.25, -0.2) is 5.43 Å². The number of benzene rings is 2. The van der Waals surface area contributed by atoms with Gasteiger partial charge in [0.15, 0.2) is 18.1 Å². The Balaban J connectivity index is 1.95. The zero-order valence-corrected chi connectivity index (χ0v) is 15.5. The van der Waals surface area contributed by atoms with E-state index in [-0.39, 0.29) is 12.5 Å². The van der Waals surface area contributed by atoms with Crippen LogP contribution in [0.5, 0.6) is 17.2 Å². The molecule has 26 heavy (non-hydrogen) atoms. The van der Waals surface area contributed by atoms with E-state index in [4.69, 9.17) is 14.2 Å². The van der Waals surface area contributed by atoms with Crippen molar-refractivity contribution >= 4 is 12.1 Å². The summed E-state index contributed by atoms with van der Waals surface area (Å²) in [6.45, 7) is 4.04. The molecule has 6 nitrogen and oxygen atoms in total. The zero-order valence-electron chi connectivity index (χ0n) is 15.5. The molecule has 138 valence electrons. The van der Waals surface area contributed by atoms with Crippen LogP contribution in [0.15, 0.2) is 47.6 Å². The molecule has 2 aromatic rings. The molecule has 0 spiro atoms. The molecule has 0 aliphatic carbocycles. The maximum absolute atomic E-state index is 12.0. The topological polar surface area (TPSA) is 69.2 Å². The minimum absolute atomic E-state index is 0.115. The van der Waals surface area contributed by atoms with Crippen LogP contribution in [0.1, 0.15) is 30.9 Å². The van der Waals surface area contributed by atoms with E-state index in [0.717, 1.165) is 5.56 Å². The van der Waals surface area contributed by atoms with Gasteiger partial charge in [0.25, 0.3) is 5.91 Å². The number of para-hydroxylation sites is 2. The first-order chi connectivity index (χ1) is 12.6. The molecule has 0 unspecified atom stereocenters. The Hall–Kier alpha value is -3.02. The van der Waals surface area contributed by atoms with Crippen LogP contribution < -0.4 is 19.6 Å². The predicted octanol–water partition coefficient (Wildman–Crippen LogP) is 3.36. The minimum atomic E-state index is -0.346. The summed E-state index contributed by atoms with van der Waals surface area (Å²) >= 11 is 0. The van der Waals surface area contributed by atoms with Gasteiger partial charge in [0, 0.05) is 5.56 Å². The lowest BCUT2D eigenvalue weighted by Gasteiger charge is -2.13. The Morgan fingerprint density at radius 2 is 1.81 bits per heavy atom. The number of rotatable bonds is 8. The average molecular weight is 356 g/mol. The van der Waals surface area contributed by atoms with Gasteiger partial charge in [0.1, 0.15) is 5.75 Å². The number of ether oxygens (including phenoxy) is 3. The molecule has 0 aliphatic rings. The van der Waals surface area contributed by atoms with Gasteiger partial charge in [-0.1, -0.05) is 38.1 Å². The fourth-order valence-corrected chi connectivity index (χ4v) is 2.45. The average Bonchev–Trinajstić information content (AvgIpc) is 2.66. The maximum Gasteiger partial charge on any atom is 0.277 e. The molecule has 0 saturated carbocycles. The molecule has 0 radical (unpaired) electrons. The SMILES string of the molecule is COc1cccc(C=NNC(=O)COc2ccccc2C(C)C)c1OC. The van der Waals surface area contributed by atoms with Crippen molar-refractivity contribution in [1.29, 1.82) is 0 Å². The smallest absolute Gasteiger partial charge is 0.277 e. The van der Waals surface area contributed by atoms with Gasteiger partial charge in [-0.3, -0.25) is 4.79 Å². The third-order valence-corrected chi connectivity index (χ3v) is 3.73. The van der Waals surface area contributed by atoms with Crippen molar-refractivity contribution in [2.24, 2.45) is 5.10 Å². The highest BCUT2D eigenvalue weighted by atomic mass is 16.5. The summed E-state index contributed by atoms with van der Waals surface area (Å²) in [7, 11) is 3.11. The van der Waals surface area contributed by atoms with E-state index in [1.54, 1.807) is 20.3 Å². The monoisotopic (exact) mass is 356 g/mol. The fourth-order valence-electron chi connectivity index (χ4n) is 2.45. The van der Waals surface area contributed by atoms with Crippen LogP contribution in [-0.2, 0) is 4.79 Å². The standard InChI is InChI=1S/C20H24N2O4/c1-14(2)16-9-5-6-10-17(16)26-13-19(23)22-21-12-15-8-7-11-18(24-3)20(15)25-4/h5-12,14H,13H2,1-4H3,(H,22,23). The molecule has 2 rings (SSSR count). The predicted molar refractivity (Wildman–Crippen MR) is 101 cm³/mol. The third-order valence-electron chi connectivity index (χ3n) is 3.73. The molecule has 1 N–H and O–H groups in total. The number of carbonyl (C=O) groups excluding carboxylic acids is 1. The molecular weight excluding hydrogens is 332 g/mol. The van der Waals surface area contributed by atoms with Gasteiger partial charge >= 0.3 is 0 Å². The number of hydrogen-bond acceptors (Lipinski definition) is 5. The summed E-state index contributed by atoms with van der Waals surface area (Å²) < 4.78 is 16.2. The molecule has 6 heteroatoms. The molecule has 0 atom stereocenters. The molecule has 0 bridgehead atoms. The number of nitrogens with zero attached hydrogens (tertiary/aromatic N) is 1. The third kappa shape index (κ3) is 4.99. The minimum Gasteiger partial charge on any atom is -0.493 e. The number of amides is 1. The van der Waals surface area contributed by atoms with Crippen molar-refractivity contribution in [3.05, 3.63) is 53.6 Å². The van der Waals surface area contributed by atoms with Gasteiger partial charge in [0.2, 0.25) is 0 Å². The van der Waals surface area contributed by atoms with Crippen molar-refractivity contribution in [2.75, 3.05) is 20.8 Å². The molecule has 0 fully saturated rings. The van der Waals surface area contributed by atoms with E-state index >= 15 is 0 Å². The molecule has 2 aromatic carbocycles. The molecule has 0 aromatic heterocycles. The highest BCUT2D eigenvalue weighted by molar-refractivity contribution is 5.86. The van der Waals surface area contributed by atoms with Crippen LogP contribution in [0.25, 0.3) is 0 Å². The van der Waals surface area contributed by atoms with Crippen molar-refractivity contribution in [3.63, 3.8) is 0 Å². The Morgan fingerprint density at radius 3 is 2.50 bits per heavy atom. The van der Waals surface area contributed by atoms with Gasteiger partial charge in [-0.15, -0.1) is 0 Å². The van der Waals surface area contributed by atoms with Crippen LogP contribution in [0.3, 0.4) is 0 Å². The number of methoxy groups -OCH3 is 2. The summed E-state index contributed by atoms with van der Waals surface area (Å²) in [6, 6.07) is 13.1. The van der Waals surface area contributed by atoms with Crippen molar-refractivity contribution in [3.8, 4) is 17.2 Å². The van der Waals surface area contributed by atoms with E-state index in [1.807, 2.05) is 36.4 Å². The summed E-state index contributed by atoms with van der Waals surface area (Å²) in [5.41, 5.74) is 4.20. The summed E-state index contributed by atoms with van der Waals surface area (Å²) in [5, 5.41) is 3.96. The van der Waals surface area contributed by atoms with Crippen molar-refractivity contribution in [1.82, 2.24) is 5.43 Å². The Bertz CT molecular complexity index is 772. The lowest BCUT2D eigenvalue weighted by atomic mass is 10.0. The van der Waals surface area contributed by atoms with E-state index in [9.17, 15) is 4.79 Å². The summed E-state index contributed by atoms with van der Waals surface area (Å²) in [6.07, 6.45) is 1.50. The van der Waals surface area contributed by atoms with Gasteiger partial charge in [-0.2, -0.15) is 5.10 Å².